The third-order valence-corrected chi connectivity index (χ3v) is 2.95. The van der Waals surface area contributed by atoms with Crippen molar-refractivity contribution in [2.75, 3.05) is 13.2 Å². The molecular formula is C8H12FNO2. The van der Waals surface area contributed by atoms with Crippen LogP contribution in [0.3, 0.4) is 0 Å². The molecule has 0 aromatic carbocycles. The van der Waals surface area contributed by atoms with Gasteiger partial charge in [0, 0.05) is 12.8 Å². The van der Waals surface area contributed by atoms with Gasteiger partial charge in [-0.25, -0.2) is 4.39 Å². The molecule has 0 aliphatic carbocycles. The van der Waals surface area contributed by atoms with E-state index < -0.39 is 11.7 Å². The first kappa shape index (κ1) is 7.98. The number of carbonyl (C=O) groups excluding carboxylic acids is 1. The molecule has 2 aliphatic rings. The number of alkyl halides is 1. The standard InChI is InChI=1S/C8H12FNO2/c9-6-3-8(5-11)2-1-7(12)10(8)4-6/h6,11H,1-5H2/t6-,8+/m1/s1. The summed E-state index contributed by atoms with van der Waals surface area (Å²) >= 11 is 0. The molecule has 1 amide bonds. The summed E-state index contributed by atoms with van der Waals surface area (Å²) in [5, 5.41) is 9.10. The minimum atomic E-state index is -0.943. The Morgan fingerprint density at radius 1 is 1.75 bits per heavy atom. The summed E-state index contributed by atoms with van der Waals surface area (Å²) in [7, 11) is 0. The van der Waals surface area contributed by atoms with Gasteiger partial charge in [-0.2, -0.15) is 0 Å². The Morgan fingerprint density at radius 2 is 2.50 bits per heavy atom. The molecule has 2 heterocycles. The summed E-state index contributed by atoms with van der Waals surface area (Å²) in [6, 6.07) is 0. The first-order chi connectivity index (χ1) is 5.68. The van der Waals surface area contributed by atoms with Gasteiger partial charge in [-0.05, 0) is 6.42 Å². The van der Waals surface area contributed by atoms with Gasteiger partial charge < -0.3 is 10.0 Å². The fourth-order valence-corrected chi connectivity index (χ4v) is 2.29. The van der Waals surface area contributed by atoms with Crippen molar-refractivity contribution in [2.45, 2.75) is 31.0 Å². The average molecular weight is 173 g/mol. The maximum atomic E-state index is 12.9. The molecule has 2 saturated heterocycles. The van der Waals surface area contributed by atoms with E-state index in [9.17, 15) is 9.18 Å². The topological polar surface area (TPSA) is 40.5 Å². The van der Waals surface area contributed by atoms with Crippen LogP contribution in [-0.4, -0.2) is 40.8 Å². The van der Waals surface area contributed by atoms with Gasteiger partial charge in [0.2, 0.25) is 5.91 Å². The number of fused-ring (bicyclic) bond motifs is 1. The summed E-state index contributed by atoms with van der Waals surface area (Å²) in [5.41, 5.74) is -0.545. The number of hydrogen-bond donors (Lipinski definition) is 1. The lowest BCUT2D eigenvalue weighted by Gasteiger charge is -2.28. The summed E-state index contributed by atoms with van der Waals surface area (Å²) in [4.78, 5) is 12.7. The molecule has 2 atom stereocenters. The lowest BCUT2D eigenvalue weighted by atomic mass is 9.95. The number of rotatable bonds is 1. The van der Waals surface area contributed by atoms with Crippen LogP contribution >= 0.6 is 0 Å². The summed E-state index contributed by atoms with van der Waals surface area (Å²) in [6.07, 6.45) is 0.451. The average Bonchev–Trinajstić information content (AvgIpc) is 2.51. The predicted octanol–water partition coefficient (Wildman–Crippen LogP) is 0.0817. The minimum absolute atomic E-state index is 0.01000. The zero-order chi connectivity index (χ0) is 8.77. The van der Waals surface area contributed by atoms with Gasteiger partial charge in [0.15, 0.2) is 0 Å². The van der Waals surface area contributed by atoms with E-state index in [1.54, 1.807) is 0 Å². The Balaban J connectivity index is 2.25. The van der Waals surface area contributed by atoms with Gasteiger partial charge >= 0.3 is 0 Å². The smallest absolute Gasteiger partial charge is 0.223 e. The molecule has 0 aromatic heterocycles. The number of aliphatic hydroxyl groups excluding tert-OH is 1. The molecule has 2 aliphatic heterocycles. The van der Waals surface area contributed by atoms with Gasteiger partial charge in [0.05, 0.1) is 18.7 Å². The van der Waals surface area contributed by atoms with Gasteiger partial charge in [-0.3, -0.25) is 4.79 Å². The van der Waals surface area contributed by atoms with E-state index in [0.717, 1.165) is 0 Å². The molecule has 2 rings (SSSR count). The molecule has 2 fully saturated rings. The van der Waals surface area contributed by atoms with Crippen molar-refractivity contribution in [1.82, 2.24) is 4.90 Å². The first-order valence-corrected chi connectivity index (χ1v) is 4.23. The van der Waals surface area contributed by atoms with E-state index in [1.807, 2.05) is 0 Å². The number of nitrogens with zero attached hydrogens (tertiary/aromatic N) is 1. The minimum Gasteiger partial charge on any atom is -0.394 e. The molecule has 0 radical (unpaired) electrons. The van der Waals surface area contributed by atoms with Crippen molar-refractivity contribution in [2.24, 2.45) is 0 Å². The quantitative estimate of drug-likeness (QED) is 0.610. The van der Waals surface area contributed by atoms with Crippen LogP contribution in [0.25, 0.3) is 0 Å². The lowest BCUT2D eigenvalue weighted by molar-refractivity contribution is -0.130. The van der Waals surface area contributed by atoms with E-state index in [-0.39, 0.29) is 19.1 Å². The van der Waals surface area contributed by atoms with E-state index in [1.165, 1.54) is 4.90 Å². The zero-order valence-corrected chi connectivity index (χ0v) is 6.79. The van der Waals surface area contributed by atoms with Gasteiger partial charge in [0.1, 0.15) is 6.17 Å². The Morgan fingerprint density at radius 3 is 3.08 bits per heavy atom. The Labute approximate surface area is 70.2 Å². The Kier molecular flexibility index (Phi) is 1.61. The molecule has 1 N–H and O–H groups in total. The van der Waals surface area contributed by atoms with Crippen LogP contribution in [0.4, 0.5) is 4.39 Å². The van der Waals surface area contributed by atoms with Crippen LogP contribution in [0.1, 0.15) is 19.3 Å². The van der Waals surface area contributed by atoms with Crippen molar-refractivity contribution >= 4 is 5.91 Å². The van der Waals surface area contributed by atoms with Crippen molar-refractivity contribution in [3.63, 3.8) is 0 Å². The van der Waals surface area contributed by atoms with Crippen molar-refractivity contribution < 1.29 is 14.3 Å². The predicted molar refractivity (Wildman–Crippen MR) is 40.3 cm³/mol. The number of aliphatic hydroxyl groups is 1. The summed E-state index contributed by atoms with van der Waals surface area (Å²) in [5.74, 6) is -0.01000. The molecule has 3 nitrogen and oxygen atoms in total. The van der Waals surface area contributed by atoms with Gasteiger partial charge in [0.25, 0.3) is 0 Å². The second-order valence-corrected chi connectivity index (χ2v) is 3.69. The molecule has 0 unspecified atom stereocenters. The zero-order valence-electron chi connectivity index (χ0n) is 6.79. The van der Waals surface area contributed by atoms with Crippen LogP contribution in [-0.2, 0) is 4.79 Å². The van der Waals surface area contributed by atoms with E-state index in [2.05, 4.69) is 0 Å². The molecule has 12 heavy (non-hydrogen) atoms. The monoisotopic (exact) mass is 173 g/mol. The highest BCUT2D eigenvalue weighted by molar-refractivity contribution is 5.80. The van der Waals surface area contributed by atoms with Crippen LogP contribution < -0.4 is 0 Å². The van der Waals surface area contributed by atoms with Gasteiger partial charge in [-0.15, -0.1) is 0 Å². The maximum absolute atomic E-state index is 12.9. The van der Waals surface area contributed by atoms with Crippen LogP contribution in [0, 0.1) is 0 Å². The largest absolute Gasteiger partial charge is 0.394 e. The molecule has 0 saturated carbocycles. The SMILES string of the molecule is O=C1CC[C@@]2(CO)C[C@@H](F)CN12. The fourth-order valence-electron chi connectivity index (χ4n) is 2.29. The number of amides is 1. The third kappa shape index (κ3) is 0.874. The molecular weight excluding hydrogens is 161 g/mol. The van der Waals surface area contributed by atoms with E-state index in [0.29, 0.717) is 19.3 Å². The van der Waals surface area contributed by atoms with Crippen LogP contribution in [0.2, 0.25) is 0 Å². The Hall–Kier alpha value is -0.640. The molecule has 4 heteroatoms. The van der Waals surface area contributed by atoms with Crippen LogP contribution in [0.15, 0.2) is 0 Å². The second kappa shape index (κ2) is 2.42. The Bertz CT molecular complexity index is 221. The molecule has 0 bridgehead atoms. The highest BCUT2D eigenvalue weighted by Gasteiger charge is 2.51. The van der Waals surface area contributed by atoms with Crippen LogP contribution in [0.5, 0.6) is 0 Å². The summed E-state index contributed by atoms with van der Waals surface area (Å²) in [6.45, 7) is 0.0819. The van der Waals surface area contributed by atoms with Crippen molar-refractivity contribution in [3.8, 4) is 0 Å². The van der Waals surface area contributed by atoms with E-state index >= 15 is 0 Å². The molecule has 0 spiro atoms. The maximum Gasteiger partial charge on any atom is 0.223 e. The van der Waals surface area contributed by atoms with Gasteiger partial charge in [-0.1, -0.05) is 0 Å². The number of carbonyl (C=O) groups is 1. The normalized spacial score (nSPS) is 40.7. The highest BCUT2D eigenvalue weighted by atomic mass is 19.1. The van der Waals surface area contributed by atoms with E-state index in [4.69, 9.17) is 5.11 Å². The fraction of sp³-hybridized carbons (Fsp3) is 0.875. The molecule has 68 valence electrons. The van der Waals surface area contributed by atoms with Crippen molar-refractivity contribution in [3.05, 3.63) is 0 Å². The number of hydrogen-bond acceptors (Lipinski definition) is 2. The van der Waals surface area contributed by atoms with Crippen molar-refractivity contribution in [1.29, 1.82) is 0 Å². The number of halogens is 1. The summed E-state index contributed by atoms with van der Waals surface area (Å²) < 4.78 is 12.9. The second-order valence-electron chi connectivity index (χ2n) is 3.69. The molecule has 0 aromatic rings. The third-order valence-electron chi connectivity index (χ3n) is 2.95. The first-order valence-electron chi connectivity index (χ1n) is 4.23. The highest BCUT2D eigenvalue weighted by Crippen LogP contribution is 2.40. The lowest BCUT2D eigenvalue weighted by Crippen LogP contribution is -2.43.